The van der Waals surface area contributed by atoms with E-state index in [1.54, 1.807) is 0 Å². The number of allylic oxidation sites excluding steroid dienone is 1. The molecule has 0 spiro atoms. The maximum absolute atomic E-state index is 9.86. The van der Waals surface area contributed by atoms with Crippen LogP contribution in [0.25, 0.3) is 0 Å². The molecule has 0 fully saturated rings. The van der Waals surface area contributed by atoms with Gasteiger partial charge in [0.2, 0.25) is 0 Å². The zero-order valence-electron chi connectivity index (χ0n) is 9.56. The van der Waals surface area contributed by atoms with Gasteiger partial charge < -0.3 is 5.11 Å². The zero-order valence-corrected chi connectivity index (χ0v) is 9.56. The topological polar surface area (TPSA) is 20.2 Å². The summed E-state index contributed by atoms with van der Waals surface area (Å²) >= 11 is 0. The molecule has 0 bridgehead atoms. The normalized spacial score (nSPS) is 15.4. The molecule has 0 heterocycles. The van der Waals surface area contributed by atoms with Crippen LogP contribution in [-0.2, 0) is 6.42 Å². The van der Waals surface area contributed by atoms with Crippen LogP contribution in [0.1, 0.15) is 25.8 Å². The predicted molar refractivity (Wildman–Crippen MR) is 64.7 cm³/mol. The van der Waals surface area contributed by atoms with Crippen molar-refractivity contribution in [3.8, 4) is 0 Å². The highest BCUT2D eigenvalue weighted by molar-refractivity contribution is 5.14. The Labute approximate surface area is 92.5 Å². The average Bonchev–Trinajstić information content (AvgIpc) is 2.27. The van der Waals surface area contributed by atoms with Crippen molar-refractivity contribution in [3.05, 3.63) is 48.0 Å². The minimum absolute atomic E-state index is 0.235. The Bertz CT molecular complexity index is 289. The molecule has 1 N–H and O–H groups in total. The molecule has 0 saturated heterocycles. The SMILES string of the molecule is C/C=C/[C@@H](C)[C@H](O)CCc1ccccc1. The Kier molecular flexibility index (Phi) is 5.13. The van der Waals surface area contributed by atoms with Gasteiger partial charge in [-0.15, -0.1) is 0 Å². The van der Waals surface area contributed by atoms with Gasteiger partial charge in [0.15, 0.2) is 0 Å². The minimum Gasteiger partial charge on any atom is -0.393 e. The molecule has 0 aromatic heterocycles. The fourth-order valence-corrected chi connectivity index (χ4v) is 1.65. The van der Waals surface area contributed by atoms with E-state index in [-0.39, 0.29) is 12.0 Å². The fourth-order valence-electron chi connectivity index (χ4n) is 1.65. The van der Waals surface area contributed by atoms with E-state index >= 15 is 0 Å². The van der Waals surface area contributed by atoms with Gasteiger partial charge in [-0.2, -0.15) is 0 Å². The van der Waals surface area contributed by atoms with E-state index in [4.69, 9.17) is 0 Å². The third-order valence-electron chi connectivity index (χ3n) is 2.67. The highest BCUT2D eigenvalue weighted by Gasteiger charge is 2.10. The molecule has 0 saturated carbocycles. The quantitative estimate of drug-likeness (QED) is 0.730. The number of aliphatic hydroxyl groups excluding tert-OH is 1. The van der Waals surface area contributed by atoms with Crippen molar-refractivity contribution < 1.29 is 5.11 Å². The lowest BCUT2D eigenvalue weighted by Crippen LogP contribution is -2.16. The van der Waals surface area contributed by atoms with E-state index in [1.807, 2.05) is 31.2 Å². The second-order valence-electron chi connectivity index (χ2n) is 3.98. The number of aliphatic hydroxyl groups is 1. The van der Waals surface area contributed by atoms with Crippen LogP contribution < -0.4 is 0 Å². The standard InChI is InChI=1S/C14H20O/c1-3-7-12(2)14(15)11-10-13-8-5-4-6-9-13/h3-9,12,14-15H,10-11H2,1-2H3/b7-3+/t12-,14-/m1/s1. The molecule has 0 unspecified atom stereocenters. The average molecular weight is 204 g/mol. The lowest BCUT2D eigenvalue weighted by Gasteiger charge is -2.15. The van der Waals surface area contributed by atoms with Crippen molar-refractivity contribution in [2.45, 2.75) is 32.8 Å². The highest BCUT2D eigenvalue weighted by atomic mass is 16.3. The lowest BCUT2D eigenvalue weighted by atomic mass is 9.97. The van der Waals surface area contributed by atoms with Crippen molar-refractivity contribution in [2.24, 2.45) is 5.92 Å². The lowest BCUT2D eigenvalue weighted by molar-refractivity contribution is 0.128. The van der Waals surface area contributed by atoms with Crippen LogP contribution in [0.2, 0.25) is 0 Å². The summed E-state index contributed by atoms with van der Waals surface area (Å²) in [5.74, 6) is 0.249. The second-order valence-corrected chi connectivity index (χ2v) is 3.98. The first-order chi connectivity index (χ1) is 7.24. The van der Waals surface area contributed by atoms with Crippen LogP contribution >= 0.6 is 0 Å². The number of hydrogen-bond donors (Lipinski definition) is 1. The smallest absolute Gasteiger partial charge is 0.0603 e. The van der Waals surface area contributed by atoms with Crippen LogP contribution in [-0.4, -0.2) is 11.2 Å². The summed E-state index contributed by atoms with van der Waals surface area (Å²) in [5.41, 5.74) is 1.30. The number of benzene rings is 1. The molecule has 82 valence electrons. The van der Waals surface area contributed by atoms with E-state index in [9.17, 15) is 5.11 Å². The third kappa shape index (κ3) is 4.30. The van der Waals surface area contributed by atoms with Gasteiger partial charge in [-0.1, -0.05) is 49.4 Å². The van der Waals surface area contributed by atoms with Crippen LogP contribution in [0.15, 0.2) is 42.5 Å². The van der Waals surface area contributed by atoms with Crippen molar-refractivity contribution in [1.29, 1.82) is 0 Å². The monoisotopic (exact) mass is 204 g/mol. The van der Waals surface area contributed by atoms with Crippen LogP contribution in [0.4, 0.5) is 0 Å². The van der Waals surface area contributed by atoms with Crippen LogP contribution in [0.3, 0.4) is 0 Å². The summed E-state index contributed by atoms with van der Waals surface area (Å²) in [7, 11) is 0. The fraction of sp³-hybridized carbons (Fsp3) is 0.429. The van der Waals surface area contributed by atoms with Crippen LogP contribution in [0.5, 0.6) is 0 Å². The summed E-state index contributed by atoms with van der Waals surface area (Å²) < 4.78 is 0. The Balaban J connectivity index is 2.37. The third-order valence-corrected chi connectivity index (χ3v) is 2.67. The largest absolute Gasteiger partial charge is 0.393 e. The first kappa shape index (κ1) is 12.0. The molecular weight excluding hydrogens is 184 g/mol. The van der Waals surface area contributed by atoms with Gasteiger partial charge in [0, 0.05) is 0 Å². The van der Waals surface area contributed by atoms with E-state index < -0.39 is 0 Å². The van der Waals surface area contributed by atoms with Crippen LogP contribution in [0, 0.1) is 5.92 Å². The predicted octanol–water partition coefficient (Wildman–Crippen LogP) is 3.19. The molecule has 0 aliphatic heterocycles. The number of rotatable bonds is 5. The summed E-state index contributed by atoms with van der Waals surface area (Å²) in [6, 6.07) is 10.3. The maximum Gasteiger partial charge on any atom is 0.0603 e. The molecule has 1 aromatic rings. The first-order valence-corrected chi connectivity index (χ1v) is 5.59. The van der Waals surface area contributed by atoms with E-state index in [0.29, 0.717) is 0 Å². The van der Waals surface area contributed by atoms with Gasteiger partial charge >= 0.3 is 0 Å². The van der Waals surface area contributed by atoms with Crippen molar-refractivity contribution in [1.82, 2.24) is 0 Å². The molecule has 2 atom stereocenters. The van der Waals surface area contributed by atoms with E-state index in [2.05, 4.69) is 25.1 Å². The first-order valence-electron chi connectivity index (χ1n) is 5.59. The highest BCUT2D eigenvalue weighted by Crippen LogP contribution is 2.12. The molecule has 1 nitrogen and oxygen atoms in total. The van der Waals surface area contributed by atoms with Gasteiger partial charge in [0.25, 0.3) is 0 Å². The number of aryl methyl sites for hydroxylation is 1. The van der Waals surface area contributed by atoms with Gasteiger partial charge in [-0.25, -0.2) is 0 Å². The Morgan fingerprint density at radius 1 is 1.27 bits per heavy atom. The molecular formula is C14H20O. The van der Waals surface area contributed by atoms with E-state index in [1.165, 1.54) is 5.56 Å². The molecule has 1 rings (SSSR count). The van der Waals surface area contributed by atoms with E-state index in [0.717, 1.165) is 12.8 Å². The molecule has 1 heteroatoms. The van der Waals surface area contributed by atoms with Gasteiger partial charge in [-0.3, -0.25) is 0 Å². The number of hydrogen-bond acceptors (Lipinski definition) is 1. The molecule has 15 heavy (non-hydrogen) atoms. The zero-order chi connectivity index (χ0) is 11.1. The van der Waals surface area contributed by atoms with Crippen molar-refractivity contribution in [3.63, 3.8) is 0 Å². The maximum atomic E-state index is 9.86. The second kappa shape index (κ2) is 6.41. The van der Waals surface area contributed by atoms with Crippen molar-refractivity contribution >= 4 is 0 Å². The Morgan fingerprint density at radius 3 is 2.53 bits per heavy atom. The van der Waals surface area contributed by atoms with Gasteiger partial charge in [0.1, 0.15) is 0 Å². The molecule has 0 aliphatic carbocycles. The summed E-state index contributed by atoms with van der Waals surface area (Å²) in [6.45, 7) is 4.04. The summed E-state index contributed by atoms with van der Waals surface area (Å²) in [4.78, 5) is 0. The molecule has 0 amide bonds. The van der Waals surface area contributed by atoms with Gasteiger partial charge in [0.05, 0.1) is 6.10 Å². The Hall–Kier alpha value is -1.08. The summed E-state index contributed by atoms with van der Waals surface area (Å²) in [6.07, 6.45) is 5.59. The molecule has 0 radical (unpaired) electrons. The molecule has 0 aliphatic rings. The van der Waals surface area contributed by atoms with Crippen molar-refractivity contribution in [2.75, 3.05) is 0 Å². The Morgan fingerprint density at radius 2 is 1.93 bits per heavy atom. The molecule has 1 aromatic carbocycles. The van der Waals surface area contributed by atoms with Gasteiger partial charge in [-0.05, 0) is 31.2 Å². The minimum atomic E-state index is -0.235. The summed E-state index contributed by atoms with van der Waals surface area (Å²) in [5, 5.41) is 9.86.